The van der Waals surface area contributed by atoms with E-state index < -0.39 is 28.4 Å². The largest absolute Gasteiger partial charge is 0.495 e. The molecule has 0 saturated carbocycles. The van der Waals surface area contributed by atoms with Crippen molar-refractivity contribution in [3.8, 4) is 17.4 Å². The third kappa shape index (κ3) is 4.23. The molecule has 0 unspecified atom stereocenters. The molecule has 174 valence electrons. The lowest BCUT2D eigenvalue weighted by atomic mass is 9.87. The number of sulfonamides is 1. The summed E-state index contributed by atoms with van der Waals surface area (Å²) in [5.74, 6) is -1.33. The molecule has 0 atom stereocenters. The highest BCUT2D eigenvalue weighted by Gasteiger charge is 2.39. The minimum atomic E-state index is -4.48. The maximum absolute atomic E-state index is 13.3. The number of nitrogens with zero attached hydrogens (tertiary/aromatic N) is 3. The molecule has 1 aliphatic heterocycles. The van der Waals surface area contributed by atoms with Crippen LogP contribution in [0.2, 0.25) is 0 Å². The van der Waals surface area contributed by atoms with Crippen molar-refractivity contribution in [3.63, 3.8) is 0 Å². The van der Waals surface area contributed by atoms with Crippen LogP contribution in [0.25, 0.3) is 0 Å². The third-order valence-corrected chi connectivity index (χ3v) is 6.64. The van der Waals surface area contributed by atoms with Crippen LogP contribution in [0.5, 0.6) is 17.4 Å². The Hall–Kier alpha value is -3.60. The van der Waals surface area contributed by atoms with E-state index in [-0.39, 0.29) is 41.1 Å². The molecular weight excluding hydrogens is 448 g/mol. The summed E-state index contributed by atoms with van der Waals surface area (Å²) in [6.07, 6.45) is 3.20. The Morgan fingerprint density at radius 3 is 2.82 bits per heavy atom. The van der Waals surface area contributed by atoms with E-state index in [1.807, 2.05) is 18.6 Å². The molecule has 0 fully saturated rings. The van der Waals surface area contributed by atoms with Gasteiger partial charge in [-0.3, -0.25) is 9.48 Å². The fourth-order valence-electron chi connectivity index (χ4n) is 3.56. The zero-order chi connectivity index (χ0) is 26.3. The molecule has 0 spiro atoms. The molecular formula is C22H24N4O6S. The maximum atomic E-state index is 13.3. The molecule has 1 aromatic carbocycles. The zero-order valence-corrected chi connectivity index (χ0v) is 19.0. The SMILES string of the molecule is [2H]C([2H])([2H])Oc1nc(C(=O)NS(=O)(=O)c2c(OC)ccc3c2OCC3(C)C)ccc1Cn1cccn1. The van der Waals surface area contributed by atoms with Crippen LogP contribution >= 0.6 is 0 Å². The van der Waals surface area contributed by atoms with Crippen molar-refractivity contribution in [1.29, 1.82) is 0 Å². The van der Waals surface area contributed by atoms with Gasteiger partial charge in [0, 0.05) is 28.9 Å². The molecule has 1 amide bonds. The Kier molecular flexibility index (Phi) is 4.81. The van der Waals surface area contributed by atoms with E-state index in [1.165, 1.54) is 30.0 Å². The van der Waals surface area contributed by atoms with Gasteiger partial charge in [-0.05, 0) is 24.3 Å². The molecule has 3 heterocycles. The fraction of sp³-hybridized carbons (Fsp3) is 0.318. The number of hydrogen-bond acceptors (Lipinski definition) is 8. The van der Waals surface area contributed by atoms with Gasteiger partial charge in [-0.25, -0.2) is 18.1 Å². The normalized spacial score (nSPS) is 16.0. The number of pyridine rings is 1. The molecule has 3 aromatic rings. The second-order valence-electron chi connectivity index (χ2n) is 8.05. The van der Waals surface area contributed by atoms with Crippen molar-refractivity contribution in [2.24, 2.45) is 0 Å². The van der Waals surface area contributed by atoms with E-state index in [0.717, 1.165) is 0 Å². The van der Waals surface area contributed by atoms with Crippen LogP contribution < -0.4 is 18.9 Å². The number of aromatic nitrogens is 3. The lowest BCUT2D eigenvalue weighted by Gasteiger charge is -2.17. The summed E-state index contributed by atoms with van der Waals surface area (Å²) in [5, 5.41) is 4.05. The number of carbonyl (C=O) groups excluding carboxylic acids is 1. The van der Waals surface area contributed by atoms with Crippen molar-refractivity contribution in [2.75, 3.05) is 20.8 Å². The van der Waals surface area contributed by atoms with E-state index in [2.05, 4.69) is 10.1 Å². The second-order valence-corrected chi connectivity index (χ2v) is 9.67. The number of amides is 1. The van der Waals surface area contributed by atoms with Crippen molar-refractivity contribution < 1.29 is 31.5 Å². The third-order valence-electron chi connectivity index (χ3n) is 5.26. The van der Waals surface area contributed by atoms with Gasteiger partial charge < -0.3 is 14.2 Å². The summed E-state index contributed by atoms with van der Waals surface area (Å²) >= 11 is 0. The Bertz CT molecular complexity index is 1410. The van der Waals surface area contributed by atoms with Crippen LogP contribution in [0.4, 0.5) is 0 Å². The van der Waals surface area contributed by atoms with Crippen molar-refractivity contribution in [2.45, 2.75) is 30.7 Å². The maximum Gasteiger partial charge on any atom is 0.283 e. The number of rotatable bonds is 7. The Morgan fingerprint density at radius 2 is 2.12 bits per heavy atom. The number of fused-ring (bicyclic) bond motifs is 1. The Labute approximate surface area is 195 Å². The zero-order valence-electron chi connectivity index (χ0n) is 21.2. The van der Waals surface area contributed by atoms with Crippen LogP contribution in [0.3, 0.4) is 0 Å². The van der Waals surface area contributed by atoms with E-state index in [1.54, 1.807) is 24.5 Å². The first-order valence-corrected chi connectivity index (χ1v) is 11.4. The van der Waals surface area contributed by atoms with Gasteiger partial charge in [0.25, 0.3) is 15.9 Å². The predicted octanol–water partition coefficient (Wildman–Crippen LogP) is 2.13. The van der Waals surface area contributed by atoms with Crippen LogP contribution in [-0.2, 0) is 22.0 Å². The minimum absolute atomic E-state index is 0.000652. The topological polar surface area (TPSA) is 122 Å². The van der Waals surface area contributed by atoms with E-state index in [0.29, 0.717) is 11.1 Å². The molecule has 0 saturated heterocycles. The highest BCUT2D eigenvalue weighted by molar-refractivity contribution is 7.90. The van der Waals surface area contributed by atoms with Gasteiger partial charge in [-0.2, -0.15) is 5.10 Å². The first-order chi connectivity index (χ1) is 16.8. The van der Waals surface area contributed by atoms with E-state index >= 15 is 0 Å². The average Bonchev–Trinajstić information content (AvgIpc) is 3.40. The molecule has 4 rings (SSSR count). The molecule has 10 nitrogen and oxygen atoms in total. The van der Waals surface area contributed by atoms with Gasteiger partial charge in [-0.1, -0.05) is 19.9 Å². The summed E-state index contributed by atoms with van der Waals surface area (Å²) in [6.45, 7) is 4.18. The van der Waals surface area contributed by atoms with E-state index in [4.69, 9.17) is 18.3 Å². The summed E-state index contributed by atoms with van der Waals surface area (Å²) < 4.78 is 68.3. The molecule has 1 N–H and O–H groups in total. The highest BCUT2D eigenvalue weighted by Crippen LogP contribution is 2.46. The van der Waals surface area contributed by atoms with Gasteiger partial charge in [0.05, 0.1) is 31.4 Å². The Morgan fingerprint density at radius 1 is 1.30 bits per heavy atom. The van der Waals surface area contributed by atoms with Gasteiger partial charge in [-0.15, -0.1) is 0 Å². The van der Waals surface area contributed by atoms with Crippen LogP contribution in [0.15, 0.2) is 47.6 Å². The number of nitrogens with one attached hydrogen (secondary N) is 1. The lowest BCUT2D eigenvalue weighted by molar-refractivity contribution is 0.0975. The number of carbonyl (C=O) groups is 1. The quantitative estimate of drug-likeness (QED) is 0.552. The van der Waals surface area contributed by atoms with Crippen LogP contribution in [0, 0.1) is 0 Å². The predicted molar refractivity (Wildman–Crippen MR) is 118 cm³/mol. The monoisotopic (exact) mass is 475 g/mol. The second kappa shape index (κ2) is 8.39. The standard InChI is InChI=1S/C22H24N4O6S/c1-22(2)13-32-18-15(22)7-9-17(30-3)19(18)33(28,29)25-20(27)16-8-6-14(21(24-16)31-4)12-26-11-5-10-23-26/h5-11H,12-13H2,1-4H3,(H,25,27)/i4D3. The van der Waals surface area contributed by atoms with Gasteiger partial charge in [0.1, 0.15) is 17.2 Å². The lowest BCUT2D eigenvalue weighted by Crippen LogP contribution is -2.32. The molecule has 11 heteroatoms. The first kappa shape index (κ1) is 18.9. The first-order valence-electron chi connectivity index (χ1n) is 11.4. The fourth-order valence-corrected chi connectivity index (χ4v) is 4.84. The van der Waals surface area contributed by atoms with Gasteiger partial charge >= 0.3 is 0 Å². The highest BCUT2D eigenvalue weighted by atomic mass is 32.2. The molecule has 33 heavy (non-hydrogen) atoms. The molecule has 0 aliphatic carbocycles. The number of methoxy groups -OCH3 is 2. The van der Waals surface area contributed by atoms with Gasteiger partial charge in [0.15, 0.2) is 4.90 Å². The van der Waals surface area contributed by atoms with Crippen LogP contribution in [0.1, 0.15) is 39.6 Å². The summed E-state index contributed by atoms with van der Waals surface area (Å²) in [7, 11) is -6.03. The molecule has 0 radical (unpaired) electrons. The molecule has 1 aliphatic rings. The summed E-state index contributed by atoms with van der Waals surface area (Å²) in [6, 6.07) is 7.59. The van der Waals surface area contributed by atoms with Crippen molar-refractivity contribution >= 4 is 15.9 Å². The number of benzene rings is 1. The minimum Gasteiger partial charge on any atom is -0.495 e. The van der Waals surface area contributed by atoms with Crippen LogP contribution in [-0.4, -0.2) is 49.8 Å². The number of ether oxygens (including phenoxy) is 3. The van der Waals surface area contributed by atoms with Crippen molar-refractivity contribution in [3.05, 3.63) is 59.5 Å². The molecule has 0 bridgehead atoms. The van der Waals surface area contributed by atoms with E-state index in [9.17, 15) is 13.2 Å². The summed E-state index contributed by atoms with van der Waals surface area (Å²) in [5.41, 5.74) is 0.177. The summed E-state index contributed by atoms with van der Waals surface area (Å²) in [4.78, 5) is 16.6. The van der Waals surface area contributed by atoms with Gasteiger partial charge in [0.2, 0.25) is 5.88 Å². The molecule has 2 aromatic heterocycles. The Balaban J connectivity index is 1.68. The smallest absolute Gasteiger partial charge is 0.283 e. The number of hydrogen-bond donors (Lipinski definition) is 1. The van der Waals surface area contributed by atoms with Crippen molar-refractivity contribution in [1.82, 2.24) is 19.5 Å². The average molecular weight is 476 g/mol.